The number of carbonyl (C=O) groups excluding carboxylic acids is 1. The van der Waals surface area contributed by atoms with Crippen LogP contribution in [-0.4, -0.2) is 39.8 Å². The van der Waals surface area contributed by atoms with E-state index in [4.69, 9.17) is 9.47 Å². The van der Waals surface area contributed by atoms with E-state index < -0.39 is 23.6 Å². The largest absolute Gasteiger partial charge is 0.439 e. The number of nitrogens with zero attached hydrogens (tertiary/aromatic N) is 3. The number of fused-ring (bicyclic) bond motifs is 1. The van der Waals surface area contributed by atoms with E-state index in [0.29, 0.717) is 47.8 Å². The number of carbonyl (C=O) groups is 1. The van der Waals surface area contributed by atoms with Gasteiger partial charge in [0, 0.05) is 42.5 Å². The summed E-state index contributed by atoms with van der Waals surface area (Å²) < 4.78 is 64.9. The third-order valence-corrected chi connectivity index (χ3v) is 5.83. The van der Waals surface area contributed by atoms with Crippen LogP contribution >= 0.6 is 0 Å². The highest BCUT2D eigenvalue weighted by Crippen LogP contribution is 2.33. The molecule has 37 heavy (non-hydrogen) atoms. The van der Waals surface area contributed by atoms with E-state index in [9.17, 15) is 22.4 Å². The minimum absolute atomic E-state index is 0.185. The van der Waals surface area contributed by atoms with Crippen LogP contribution in [0.5, 0.6) is 11.6 Å². The molecule has 5 rings (SSSR count). The van der Waals surface area contributed by atoms with Crippen LogP contribution in [0.1, 0.15) is 17.7 Å². The van der Waals surface area contributed by atoms with Gasteiger partial charge in [0.05, 0.1) is 23.4 Å². The molecule has 1 unspecified atom stereocenters. The van der Waals surface area contributed by atoms with Gasteiger partial charge >= 0.3 is 12.2 Å². The average Bonchev–Trinajstić information content (AvgIpc) is 3.53. The molecule has 1 saturated heterocycles. The summed E-state index contributed by atoms with van der Waals surface area (Å²) in [5.41, 5.74) is -0.389. The van der Waals surface area contributed by atoms with Crippen molar-refractivity contribution in [3.05, 3.63) is 78.1 Å². The monoisotopic (exact) mass is 515 g/mol. The van der Waals surface area contributed by atoms with Crippen molar-refractivity contribution in [2.24, 2.45) is 0 Å². The molecule has 12 heteroatoms. The maximum absolute atomic E-state index is 13.5. The molecule has 2 N–H and O–H groups in total. The zero-order chi connectivity index (χ0) is 26.0. The van der Waals surface area contributed by atoms with Crippen LogP contribution in [0.25, 0.3) is 10.9 Å². The lowest BCUT2D eigenvalue weighted by molar-refractivity contribution is -0.139. The van der Waals surface area contributed by atoms with Crippen molar-refractivity contribution in [2.75, 3.05) is 18.5 Å². The van der Waals surface area contributed by atoms with Crippen LogP contribution in [0.3, 0.4) is 0 Å². The normalized spacial score (nSPS) is 15.7. The number of benzene rings is 2. The molecule has 4 aromatic rings. The van der Waals surface area contributed by atoms with Crippen LogP contribution in [0, 0.1) is 5.82 Å². The molecule has 0 aliphatic carbocycles. The number of halogens is 4. The van der Waals surface area contributed by atoms with Gasteiger partial charge in [-0.25, -0.2) is 19.2 Å². The molecule has 2 aromatic heterocycles. The quantitative estimate of drug-likeness (QED) is 0.337. The van der Waals surface area contributed by atoms with Crippen LogP contribution in [0.4, 0.5) is 28.0 Å². The number of alkyl halides is 3. The highest BCUT2D eigenvalue weighted by Gasteiger charge is 2.34. The number of hydrogen-bond acceptors (Lipinski definition) is 6. The fraction of sp³-hybridized carbons (Fsp3) is 0.240. The summed E-state index contributed by atoms with van der Waals surface area (Å²) in [5.74, 6) is -0.594. The molecule has 1 atom stereocenters. The first kappa shape index (κ1) is 24.7. The van der Waals surface area contributed by atoms with Crippen molar-refractivity contribution in [2.45, 2.75) is 25.2 Å². The van der Waals surface area contributed by atoms with Crippen LogP contribution in [-0.2, 0) is 17.5 Å². The van der Waals surface area contributed by atoms with Gasteiger partial charge in [0.1, 0.15) is 17.9 Å². The number of aromatic nitrogens is 3. The molecule has 2 aromatic carbocycles. The van der Waals surface area contributed by atoms with Gasteiger partial charge in [0.25, 0.3) is 0 Å². The smallest absolute Gasteiger partial charge is 0.419 e. The zero-order valence-corrected chi connectivity index (χ0v) is 19.3. The Bertz CT molecular complexity index is 1430. The molecule has 3 heterocycles. The predicted molar refractivity (Wildman–Crippen MR) is 126 cm³/mol. The van der Waals surface area contributed by atoms with E-state index in [-0.39, 0.29) is 11.7 Å². The lowest BCUT2D eigenvalue weighted by Crippen LogP contribution is -2.28. The number of amides is 1. The SMILES string of the molecule is O=C(Nc1ccc(F)c(C(F)(F)F)c1)n1ccc2cc(Oc3cc(CNC4CCOC4)ncn3)ccc21. The van der Waals surface area contributed by atoms with Gasteiger partial charge in [-0.05, 0) is 48.9 Å². The molecular formula is C25H21F4N5O3. The highest BCUT2D eigenvalue weighted by atomic mass is 19.4. The summed E-state index contributed by atoms with van der Waals surface area (Å²) in [6, 6.07) is 10.2. The Morgan fingerprint density at radius 2 is 2.00 bits per heavy atom. The van der Waals surface area contributed by atoms with Crippen molar-refractivity contribution >= 4 is 22.6 Å². The van der Waals surface area contributed by atoms with Crippen LogP contribution in [0.15, 0.2) is 61.1 Å². The van der Waals surface area contributed by atoms with Gasteiger partial charge in [-0.15, -0.1) is 0 Å². The maximum atomic E-state index is 13.5. The van der Waals surface area contributed by atoms with E-state index in [0.717, 1.165) is 24.8 Å². The third kappa shape index (κ3) is 5.70. The minimum Gasteiger partial charge on any atom is -0.439 e. The van der Waals surface area contributed by atoms with Gasteiger partial charge in [-0.1, -0.05) is 0 Å². The lowest BCUT2D eigenvalue weighted by atomic mass is 10.2. The fourth-order valence-corrected chi connectivity index (χ4v) is 3.96. The second-order valence-corrected chi connectivity index (χ2v) is 8.42. The van der Waals surface area contributed by atoms with Crippen LogP contribution < -0.4 is 15.4 Å². The predicted octanol–water partition coefficient (Wildman–Crippen LogP) is 5.34. The topological polar surface area (TPSA) is 90.3 Å². The maximum Gasteiger partial charge on any atom is 0.419 e. The molecule has 1 aliphatic rings. The van der Waals surface area contributed by atoms with Crippen molar-refractivity contribution in [3.63, 3.8) is 0 Å². The molecule has 1 aliphatic heterocycles. The summed E-state index contributed by atoms with van der Waals surface area (Å²) in [5, 5.41) is 6.39. The second-order valence-electron chi connectivity index (χ2n) is 8.42. The van der Waals surface area contributed by atoms with Gasteiger partial charge < -0.3 is 20.1 Å². The number of nitrogens with one attached hydrogen (secondary N) is 2. The summed E-state index contributed by atoms with van der Waals surface area (Å²) in [6.45, 7) is 1.96. The van der Waals surface area contributed by atoms with E-state index in [1.54, 1.807) is 30.3 Å². The van der Waals surface area contributed by atoms with E-state index >= 15 is 0 Å². The number of anilines is 1. The van der Waals surface area contributed by atoms with E-state index in [1.165, 1.54) is 17.1 Å². The summed E-state index contributed by atoms with van der Waals surface area (Å²) in [6.07, 6.45) is -1.05. The molecule has 0 saturated carbocycles. The first-order valence-corrected chi connectivity index (χ1v) is 11.4. The molecule has 192 valence electrons. The number of rotatable bonds is 6. The zero-order valence-electron chi connectivity index (χ0n) is 19.3. The Labute approximate surface area is 208 Å². The van der Waals surface area contributed by atoms with Gasteiger partial charge in [-0.2, -0.15) is 13.2 Å². The molecule has 0 spiro atoms. The third-order valence-electron chi connectivity index (χ3n) is 5.83. The Kier molecular flexibility index (Phi) is 6.76. The second kappa shape index (κ2) is 10.1. The Balaban J connectivity index is 1.28. The minimum atomic E-state index is -4.88. The molecule has 1 fully saturated rings. The first-order valence-electron chi connectivity index (χ1n) is 11.4. The van der Waals surface area contributed by atoms with Gasteiger partial charge in [0.15, 0.2) is 0 Å². The Morgan fingerprint density at radius 3 is 2.78 bits per heavy atom. The molecular weight excluding hydrogens is 494 g/mol. The molecule has 0 radical (unpaired) electrons. The number of hydrogen-bond donors (Lipinski definition) is 2. The standard InChI is InChI=1S/C25H21F4N5O3/c26-21-3-1-16(10-20(21)25(27,28)29)33-24(35)34-7-5-15-9-19(2-4-22(15)34)37-23-11-18(31-14-32-23)12-30-17-6-8-36-13-17/h1-5,7,9-11,14,17,30H,6,8,12-13H2,(H,33,35). The molecule has 0 bridgehead atoms. The highest BCUT2D eigenvalue weighted by molar-refractivity contribution is 5.98. The van der Waals surface area contributed by atoms with Gasteiger partial charge in [-0.3, -0.25) is 4.57 Å². The van der Waals surface area contributed by atoms with Crippen LogP contribution in [0.2, 0.25) is 0 Å². The van der Waals surface area contributed by atoms with Crippen molar-refractivity contribution in [3.8, 4) is 11.6 Å². The molecule has 1 amide bonds. The van der Waals surface area contributed by atoms with Gasteiger partial charge in [0.2, 0.25) is 5.88 Å². The summed E-state index contributed by atoms with van der Waals surface area (Å²) in [7, 11) is 0. The number of ether oxygens (including phenoxy) is 2. The fourth-order valence-electron chi connectivity index (χ4n) is 3.96. The van der Waals surface area contributed by atoms with Crippen molar-refractivity contribution in [1.82, 2.24) is 19.9 Å². The Morgan fingerprint density at radius 1 is 1.14 bits per heavy atom. The lowest BCUT2D eigenvalue weighted by Gasteiger charge is -2.12. The first-order chi connectivity index (χ1) is 17.8. The Hall–Kier alpha value is -4.03. The van der Waals surface area contributed by atoms with Crippen molar-refractivity contribution in [1.29, 1.82) is 0 Å². The summed E-state index contributed by atoms with van der Waals surface area (Å²) >= 11 is 0. The summed E-state index contributed by atoms with van der Waals surface area (Å²) in [4.78, 5) is 21.1. The van der Waals surface area contributed by atoms with Crippen molar-refractivity contribution < 1.29 is 31.8 Å². The van der Waals surface area contributed by atoms with E-state index in [1.807, 2.05) is 0 Å². The average molecular weight is 515 g/mol. The van der Waals surface area contributed by atoms with E-state index in [2.05, 4.69) is 20.6 Å². The molecule has 8 nitrogen and oxygen atoms in total.